The normalized spacial score (nSPS) is 13.4. The summed E-state index contributed by atoms with van der Waals surface area (Å²) >= 11 is 0. The van der Waals surface area contributed by atoms with Gasteiger partial charge < -0.3 is 9.47 Å². The van der Waals surface area contributed by atoms with Gasteiger partial charge in [-0.3, -0.25) is 0 Å². The summed E-state index contributed by atoms with van der Waals surface area (Å²) in [4.78, 5) is 0. The van der Waals surface area contributed by atoms with Crippen LogP contribution in [0.5, 0.6) is 23.0 Å². The quantitative estimate of drug-likeness (QED) is 0.230. The maximum atomic E-state index is 6.67. The molecule has 20 radical (unpaired) electrons. The molecular weight excluding hydrogens is 415 g/mol. The lowest BCUT2D eigenvalue weighted by Gasteiger charge is -2.42. The third-order valence-corrected chi connectivity index (χ3v) is 6.84. The maximum Gasteiger partial charge on any atom is 0.258 e. The summed E-state index contributed by atoms with van der Waals surface area (Å²) in [6.45, 7) is 5.17. The van der Waals surface area contributed by atoms with Crippen molar-refractivity contribution in [3.8, 4) is 23.0 Å². The van der Waals surface area contributed by atoms with Crippen LogP contribution in [-0.4, -0.2) is 85.2 Å². The van der Waals surface area contributed by atoms with Crippen LogP contribution in [-0.2, 0) is 5.41 Å². The van der Waals surface area contributed by atoms with E-state index < -0.39 is 12.1 Å². The van der Waals surface area contributed by atoms with Crippen molar-refractivity contribution in [2.45, 2.75) is 26.2 Å². The van der Waals surface area contributed by atoms with E-state index in [0.717, 1.165) is 0 Å². The standard InChI is InChI=1S/C22H9B11O2/c1-22(2,3)4-5(23)18-17-19(6(4)24)35-21-14(32)10(28)8(26)12(30)16(21)33(17)15-11(29)7(25)9(27)13(31)20(15)34-18/h1-3H3. The lowest BCUT2D eigenvalue weighted by Crippen LogP contribution is -2.73. The number of hydrogen-bond acceptors (Lipinski definition) is 2. The van der Waals surface area contributed by atoms with Crippen LogP contribution in [0.3, 0.4) is 0 Å². The zero-order valence-corrected chi connectivity index (χ0v) is 19.7. The molecule has 0 fully saturated rings. The number of fused-ring (bicyclic) bond motifs is 4. The average molecular weight is 424 g/mol. The van der Waals surface area contributed by atoms with Crippen molar-refractivity contribution in [3.63, 3.8) is 0 Å². The molecule has 0 saturated carbocycles. The predicted molar refractivity (Wildman–Crippen MR) is 157 cm³/mol. The van der Waals surface area contributed by atoms with Crippen molar-refractivity contribution in [2.24, 2.45) is 0 Å². The first kappa shape index (κ1) is 24.7. The van der Waals surface area contributed by atoms with E-state index in [0.29, 0.717) is 44.4 Å². The third kappa shape index (κ3) is 3.12. The van der Waals surface area contributed by atoms with Crippen LogP contribution >= 0.6 is 0 Å². The van der Waals surface area contributed by atoms with Crippen LogP contribution < -0.4 is 80.5 Å². The highest BCUT2D eigenvalue weighted by atomic mass is 16.5. The molecule has 3 aromatic carbocycles. The van der Waals surface area contributed by atoms with Crippen molar-refractivity contribution in [1.29, 1.82) is 0 Å². The summed E-state index contributed by atoms with van der Waals surface area (Å²) in [6, 6.07) is 0. The second-order valence-corrected chi connectivity index (χ2v) is 9.96. The highest BCUT2D eigenvalue weighted by Gasteiger charge is 2.45. The van der Waals surface area contributed by atoms with Gasteiger partial charge in [0.25, 0.3) is 6.71 Å². The molecule has 142 valence electrons. The molecule has 2 aliphatic rings. The summed E-state index contributed by atoms with van der Waals surface area (Å²) < 4.78 is 12.6. The molecule has 0 aromatic heterocycles. The molecule has 0 N–H and O–H groups in total. The molecule has 2 nitrogen and oxygen atoms in total. The van der Waals surface area contributed by atoms with Crippen molar-refractivity contribution in [2.75, 3.05) is 0 Å². The minimum Gasteiger partial charge on any atom is -0.460 e. The van der Waals surface area contributed by atoms with Crippen LogP contribution in [0.25, 0.3) is 0 Å². The molecule has 2 heterocycles. The van der Waals surface area contributed by atoms with Gasteiger partial charge in [-0.05, 0) is 21.9 Å². The molecule has 0 aliphatic carbocycles. The van der Waals surface area contributed by atoms with Crippen LogP contribution in [0.4, 0.5) is 0 Å². The van der Waals surface area contributed by atoms with Gasteiger partial charge in [-0.1, -0.05) is 42.6 Å². The van der Waals surface area contributed by atoms with Gasteiger partial charge in [-0.15, -0.1) is 32.8 Å². The molecule has 0 unspecified atom stereocenters. The molecule has 35 heavy (non-hydrogen) atoms. The van der Waals surface area contributed by atoms with E-state index in [1.807, 2.05) is 20.8 Å². The smallest absolute Gasteiger partial charge is 0.258 e. The van der Waals surface area contributed by atoms with Crippen LogP contribution in [0, 0.1) is 0 Å². The van der Waals surface area contributed by atoms with E-state index >= 15 is 0 Å². The fourth-order valence-corrected chi connectivity index (χ4v) is 5.14. The van der Waals surface area contributed by atoms with Gasteiger partial charge in [-0.25, -0.2) is 0 Å². The van der Waals surface area contributed by atoms with Crippen molar-refractivity contribution in [3.05, 3.63) is 5.56 Å². The van der Waals surface area contributed by atoms with Gasteiger partial charge in [0.1, 0.15) is 101 Å². The van der Waals surface area contributed by atoms with Gasteiger partial charge in [-0.2, -0.15) is 0 Å². The minimum atomic E-state index is -0.735. The molecule has 0 spiro atoms. The fraction of sp³-hybridized carbons (Fsp3) is 0.182. The van der Waals surface area contributed by atoms with Gasteiger partial charge in [0.2, 0.25) is 0 Å². The third-order valence-electron chi connectivity index (χ3n) is 6.84. The molecule has 13 heteroatoms. The Morgan fingerprint density at radius 2 is 0.743 bits per heavy atom. The van der Waals surface area contributed by atoms with Crippen molar-refractivity contribution < 1.29 is 9.47 Å². The number of ether oxygens (including phenoxy) is 2. The Labute approximate surface area is 220 Å². The topological polar surface area (TPSA) is 18.5 Å². The Balaban J connectivity index is 2.03. The largest absolute Gasteiger partial charge is 0.460 e. The molecule has 2 aliphatic heterocycles. The maximum absolute atomic E-state index is 6.67. The van der Waals surface area contributed by atoms with Gasteiger partial charge >= 0.3 is 0 Å². The summed E-state index contributed by atoms with van der Waals surface area (Å²) in [7, 11) is 63.8. The number of hydrogen-bond donors (Lipinski definition) is 0. The van der Waals surface area contributed by atoms with Gasteiger partial charge in [0.15, 0.2) is 0 Å². The molecule has 0 bridgehead atoms. The Kier molecular flexibility index (Phi) is 5.45. The SMILES string of the molecule is [B]c1c([B])c([B])c2c(c1[B])Oc1c([B])c(C(C)(C)C)c([B])c3c1B2c1c([B])c([B])c([B])c([B])c1O3. The summed E-state index contributed by atoms with van der Waals surface area (Å²) in [5.41, 5.74) is 3.05. The Morgan fingerprint density at radius 1 is 0.429 bits per heavy atom. The Hall–Kier alpha value is -2.03. The second-order valence-electron chi connectivity index (χ2n) is 9.96. The average Bonchev–Trinajstić information content (AvgIpc) is 2.79. The Bertz CT molecular complexity index is 1390. The summed E-state index contributed by atoms with van der Waals surface area (Å²) in [5, 5.41) is 0. The monoisotopic (exact) mass is 426 g/mol. The number of rotatable bonds is 0. The lowest BCUT2D eigenvalue weighted by molar-refractivity contribution is 0.469. The first-order chi connectivity index (χ1) is 16.2. The first-order valence-corrected chi connectivity index (χ1v) is 10.8. The zero-order chi connectivity index (χ0) is 25.9. The van der Waals surface area contributed by atoms with Crippen molar-refractivity contribution >= 4 is 156 Å². The molecule has 0 amide bonds. The van der Waals surface area contributed by atoms with E-state index in [-0.39, 0.29) is 55.2 Å². The van der Waals surface area contributed by atoms with Crippen LogP contribution in [0.2, 0.25) is 0 Å². The van der Waals surface area contributed by atoms with Crippen molar-refractivity contribution in [1.82, 2.24) is 0 Å². The first-order valence-electron chi connectivity index (χ1n) is 10.8. The fourth-order valence-electron chi connectivity index (χ4n) is 5.14. The second kappa shape index (κ2) is 7.74. The van der Waals surface area contributed by atoms with E-state index in [1.54, 1.807) is 0 Å². The van der Waals surface area contributed by atoms with E-state index in [9.17, 15) is 0 Å². The molecular formula is C22H9B11O2. The molecule has 5 rings (SSSR count). The van der Waals surface area contributed by atoms with Gasteiger partial charge in [0.05, 0.1) is 0 Å². The van der Waals surface area contributed by atoms with E-state index in [1.165, 1.54) is 0 Å². The molecule has 3 aromatic rings. The van der Waals surface area contributed by atoms with E-state index in [2.05, 4.69) is 0 Å². The van der Waals surface area contributed by atoms with Crippen LogP contribution in [0.15, 0.2) is 0 Å². The highest BCUT2D eigenvalue weighted by molar-refractivity contribution is 7.03. The predicted octanol–water partition coefficient (Wildman–Crippen LogP) is -8.35. The number of benzene rings is 3. The summed E-state index contributed by atoms with van der Waals surface area (Å²) in [6.07, 6.45) is 0. The molecule has 0 saturated heterocycles. The molecule has 0 atom stereocenters. The van der Waals surface area contributed by atoms with Crippen LogP contribution in [0.1, 0.15) is 26.3 Å². The lowest BCUT2D eigenvalue weighted by atomic mass is 9.30. The highest BCUT2D eigenvalue weighted by Crippen LogP contribution is 2.33. The van der Waals surface area contributed by atoms with E-state index in [4.69, 9.17) is 87.9 Å². The summed E-state index contributed by atoms with van der Waals surface area (Å²) in [5.74, 6) is 1.00. The minimum absolute atomic E-state index is 0.0894. The zero-order valence-electron chi connectivity index (χ0n) is 19.7. The van der Waals surface area contributed by atoms with Gasteiger partial charge in [0, 0.05) is 5.46 Å². The Morgan fingerprint density at radius 3 is 1.09 bits per heavy atom.